The molecule has 0 saturated carbocycles. The number of aromatic nitrogens is 1. The minimum atomic E-state index is -1.26. The molecule has 6 nitrogen and oxygen atoms in total. The Balaban J connectivity index is 0.000000293. The van der Waals surface area contributed by atoms with Crippen LogP contribution in [0.25, 0.3) is 32.8 Å². The Labute approximate surface area is 179 Å². The van der Waals surface area contributed by atoms with Gasteiger partial charge in [-0.1, -0.05) is 54.6 Å². The Morgan fingerprint density at radius 3 is 2.16 bits per heavy atom. The fourth-order valence-electron chi connectivity index (χ4n) is 3.52. The normalized spacial score (nSPS) is 11.9. The van der Waals surface area contributed by atoms with Gasteiger partial charge in [0.15, 0.2) is 0 Å². The number of nitrogens with two attached hydrogens (primary N) is 1. The van der Waals surface area contributed by atoms with Crippen molar-refractivity contribution in [2.45, 2.75) is 19.5 Å². The van der Waals surface area contributed by atoms with Crippen LogP contribution in [0.4, 0.5) is 0 Å². The molecule has 3 aromatic carbocycles. The summed E-state index contributed by atoms with van der Waals surface area (Å²) in [7, 11) is 0. The fraction of sp³-hybridized carbons (Fsp3) is 0.120. The quantitative estimate of drug-likeness (QED) is 0.415. The molecule has 0 aliphatic heterocycles. The van der Waals surface area contributed by atoms with Gasteiger partial charge in [-0.3, -0.25) is 0 Å². The Morgan fingerprint density at radius 2 is 1.55 bits per heavy atom. The molecule has 4 aromatic rings. The number of carboxylic acids is 2. The molecule has 0 saturated heterocycles. The molecule has 0 fully saturated rings. The molecule has 0 aliphatic carbocycles. The SMILES string of the molecule is CC(N)Cn1ccc2c(-c3ccccc3)cc3ccccc3c21.O=C(O)/C=C/C(=O)O. The zero-order valence-electron chi connectivity index (χ0n) is 17.1. The highest BCUT2D eigenvalue weighted by Crippen LogP contribution is 2.35. The number of hydrogen-bond acceptors (Lipinski definition) is 3. The Bertz CT molecular complexity index is 1220. The lowest BCUT2D eigenvalue weighted by Gasteiger charge is -2.13. The van der Waals surface area contributed by atoms with E-state index >= 15 is 0 Å². The van der Waals surface area contributed by atoms with Crippen molar-refractivity contribution in [1.82, 2.24) is 4.57 Å². The molecule has 0 bridgehead atoms. The molecular formula is C25H24N2O4. The molecule has 1 atom stereocenters. The van der Waals surface area contributed by atoms with Crippen LogP contribution >= 0.6 is 0 Å². The number of rotatable bonds is 5. The summed E-state index contributed by atoms with van der Waals surface area (Å²) in [4.78, 5) is 19.1. The van der Waals surface area contributed by atoms with Crippen molar-refractivity contribution < 1.29 is 19.8 Å². The predicted molar refractivity (Wildman–Crippen MR) is 123 cm³/mol. The van der Waals surface area contributed by atoms with Gasteiger partial charge in [0, 0.05) is 41.7 Å². The molecule has 4 N–H and O–H groups in total. The second-order valence-electron chi connectivity index (χ2n) is 7.23. The number of hydrogen-bond donors (Lipinski definition) is 3. The third-order valence-corrected chi connectivity index (χ3v) is 4.71. The molecule has 0 aliphatic rings. The number of carbonyl (C=O) groups is 2. The Hall–Kier alpha value is -3.90. The van der Waals surface area contributed by atoms with E-state index in [4.69, 9.17) is 15.9 Å². The first kappa shape index (κ1) is 21.8. The number of benzene rings is 3. The van der Waals surface area contributed by atoms with Crippen molar-refractivity contribution in [2.75, 3.05) is 0 Å². The average Bonchev–Trinajstić information content (AvgIpc) is 3.16. The maximum Gasteiger partial charge on any atom is 0.328 e. The summed E-state index contributed by atoms with van der Waals surface area (Å²) in [5.41, 5.74) is 9.86. The van der Waals surface area contributed by atoms with Crippen LogP contribution in [0.1, 0.15) is 6.92 Å². The van der Waals surface area contributed by atoms with Crippen LogP contribution in [0.3, 0.4) is 0 Å². The fourth-order valence-corrected chi connectivity index (χ4v) is 3.52. The highest BCUT2D eigenvalue weighted by atomic mass is 16.4. The van der Waals surface area contributed by atoms with Crippen LogP contribution < -0.4 is 5.73 Å². The molecule has 0 spiro atoms. The van der Waals surface area contributed by atoms with Gasteiger partial charge in [-0.05, 0) is 35.6 Å². The minimum absolute atomic E-state index is 0.129. The summed E-state index contributed by atoms with van der Waals surface area (Å²) in [6.07, 6.45) is 3.28. The van der Waals surface area contributed by atoms with Crippen LogP contribution in [-0.4, -0.2) is 32.8 Å². The smallest absolute Gasteiger partial charge is 0.328 e. The highest BCUT2D eigenvalue weighted by molar-refractivity contribution is 6.12. The molecule has 4 rings (SSSR count). The standard InChI is InChI=1S/C21H20N2.C4H4O4/c1-15(22)14-23-12-11-19-20(16-7-3-2-4-8-16)13-17-9-5-6-10-18(17)21(19)23;5-3(6)1-2-4(7)8/h2-13,15H,14,22H2,1H3;1-2H,(H,5,6)(H,7,8)/b;2-1+. The van der Waals surface area contributed by atoms with E-state index in [1.807, 2.05) is 0 Å². The van der Waals surface area contributed by atoms with Gasteiger partial charge in [0.25, 0.3) is 0 Å². The zero-order valence-corrected chi connectivity index (χ0v) is 17.1. The number of fused-ring (bicyclic) bond motifs is 3. The molecular weight excluding hydrogens is 392 g/mol. The van der Waals surface area contributed by atoms with Gasteiger partial charge in [-0.15, -0.1) is 0 Å². The van der Waals surface area contributed by atoms with E-state index in [9.17, 15) is 9.59 Å². The number of nitrogens with zero attached hydrogens (tertiary/aromatic N) is 1. The first-order valence-corrected chi connectivity index (χ1v) is 9.82. The highest BCUT2D eigenvalue weighted by Gasteiger charge is 2.12. The van der Waals surface area contributed by atoms with E-state index < -0.39 is 11.9 Å². The lowest BCUT2D eigenvalue weighted by molar-refractivity contribution is -0.134. The predicted octanol–water partition coefficient (Wildman–Crippen LogP) is 4.52. The summed E-state index contributed by atoms with van der Waals surface area (Å²) in [6, 6.07) is 23.8. The third-order valence-electron chi connectivity index (χ3n) is 4.71. The average molecular weight is 416 g/mol. The van der Waals surface area contributed by atoms with E-state index in [1.165, 1.54) is 32.8 Å². The van der Waals surface area contributed by atoms with Gasteiger partial charge < -0.3 is 20.5 Å². The van der Waals surface area contributed by atoms with E-state index in [-0.39, 0.29) is 6.04 Å². The van der Waals surface area contributed by atoms with Crippen molar-refractivity contribution in [3.05, 3.63) is 85.1 Å². The molecule has 31 heavy (non-hydrogen) atoms. The molecule has 1 heterocycles. The van der Waals surface area contributed by atoms with Gasteiger partial charge in [-0.2, -0.15) is 0 Å². The van der Waals surface area contributed by atoms with Gasteiger partial charge in [-0.25, -0.2) is 9.59 Å². The van der Waals surface area contributed by atoms with Gasteiger partial charge in [0.1, 0.15) is 0 Å². The summed E-state index contributed by atoms with van der Waals surface area (Å²) >= 11 is 0. The molecule has 1 unspecified atom stereocenters. The first-order valence-electron chi connectivity index (χ1n) is 9.82. The summed E-state index contributed by atoms with van der Waals surface area (Å²) in [6.45, 7) is 2.88. The molecule has 1 aromatic heterocycles. The van der Waals surface area contributed by atoms with Crippen LogP contribution in [0.15, 0.2) is 85.1 Å². The van der Waals surface area contributed by atoms with Gasteiger partial charge in [0.05, 0.1) is 5.52 Å². The lowest BCUT2D eigenvalue weighted by atomic mass is 9.97. The van der Waals surface area contributed by atoms with Crippen LogP contribution in [0, 0.1) is 0 Å². The Morgan fingerprint density at radius 1 is 0.935 bits per heavy atom. The van der Waals surface area contributed by atoms with Crippen molar-refractivity contribution in [2.24, 2.45) is 5.73 Å². The van der Waals surface area contributed by atoms with Crippen LogP contribution in [0.2, 0.25) is 0 Å². The monoisotopic (exact) mass is 416 g/mol. The largest absolute Gasteiger partial charge is 0.478 e. The van der Waals surface area contributed by atoms with Crippen molar-refractivity contribution >= 4 is 33.6 Å². The second-order valence-corrected chi connectivity index (χ2v) is 7.23. The second kappa shape index (κ2) is 9.73. The molecule has 158 valence electrons. The topological polar surface area (TPSA) is 106 Å². The Kier molecular flexibility index (Phi) is 6.85. The maximum atomic E-state index is 9.55. The minimum Gasteiger partial charge on any atom is -0.478 e. The van der Waals surface area contributed by atoms with Crippen molar-refractivity contribution in [3.8, 4) is 11.1 Å². The lowest BCUT2D eigenvalue weighted by Crippen LogP contribution is -2.21. The van der Waals surface area contributed by atoms with Gasteiger partial charge >= 0.3 is 11.9 Å². The summed E-state index contributed by atoms with van der Waals surface area (Å²) in [5.74, 6) is -2.51. The zero-order chi connectivity index (χ0) is 22.4. The van der Waals surface area contributed by atoms with E-state index in [1.54, 1.807) is 0 Å². The molecule has 6 heteroatoms. The summed E-state index contributed by atoms with van der Waals surface area (Å²) in [5, 5.41) is 19.5. The van der Waals surface area contributed by atoms with Crippen LogP contribution in [-0.2, 0) is 16.1 Å². The van der Waals surface area contributed by atoms with E-state index in [2.05, 4.69) is 84.4 Å². The number of carboxylic acid groups (broad SMARTS) is 2. The van der Waals surface area contributed by atoms with Crippen LogP contribution in [0.5, 0.6) is 0 Å². The van der Waals surface area contributed by atoms with E-state index in [0.29, 0.717) is 12.2 Å². The molecule has 0 radical (unpaired) electrons. The summed E-state index contributed by atoms with van der Waals surface area (Å²) < 4.78 is 2.29. The first-order chi connectivity index (χ1) is 14.9. The van der Waals surface area contributed by atoms with E-state index in [0.717, 1.165) is 6.54 Å². The van der Waals surface area contributed by atoms with Gasteiger partial charge in [0.2, 0.25) is 0 Å². The third kappa shape index (κ3) is 5.38. The number of aliphatic carboxylic acids is 2. The van der Waals surface area contributed by atoms with Crippen molar-refractivity contribution in [3.63, 3.8) is 0 Å². The van der Waals surface area contributed by atoms with Crippen molar-refractivity contribution in [1.29, 1.82) is 0 Å². The molecule has 0 amide bonds. The maximum absolute atomic E-state index is 9.55.